The number of fused-ring (bicyclic) bond motifs is 2. The van der Waals surface area contributed by atoms with Gasteiger partial charge in [-0.15, -0.1) is 0 Å². The molecule has 2 N–H and O–H groups in total. The van der Waals surface area contributed by atoms with Crippen LogP contribution in [0.2, 0.25) is 0 Å². The molecule has 4 aliphatic rings. The highest BCUT2D eigenvalue weighted by Gasteiger charge is 2.72. The minimum atomic E-state index is 0.0570. The van der Waals surface area contributed by atoms with E-state index in [0.717, 1.165) is 36.1 Å². The fourth-order valence-corrected chi connectivity index (χ4v) is 5.02. The monoisotopic (exact) mass is 255 g/mol. The van der Waals surface area contributed by atoms with Crippen molar-refractivity contribution < 1.29 is 0 Å². The third-order valence-corrected chi connectivity index (χ3v) is 5.81. The maximum atomic E-state index is 11.9. The zero-order valence-corrected chi connectivity index (χ0v) is 10.8. The summed E-state index contributed by atoms with van der Waals surface area (Å²) in [6, 6.07) is 0.467. The fraction of sp³-hybridized carbons (Fsp3) is 0.600. The number of nitrogens with zero attached hydrogens (tertiary/aromatic N) is 1. The van der Waals surface area contributed by atoms with E-state index in [2.05, 4.69) is 21.4 Å². The average Bonchev–Trinajstić information content (AvgIpc) is 3.00. The second-order valence-corrected chi connectivity index (χ2v) is 6.54. The van der Waals surface area contributed by atoms with Crippen molar-refractivity contribution in [3.63, 3.8) is 0 Å². The lowest BCUT2D eigenvalue weighted by atomic mass is 9.74. The Morgan fingerprint density at radius 2 is 2.37 bits per heavy atom. The molecule has 19 heavy (non-hydrogen) atoms. The third-order valence-electron chi connectivity index (χ3n) is 5.81. The molecule has 1 aromatic rings. The Balaban J connectivity index is 1.46. The Morgan fingerprint density at radius 1 is 1.42 bits per heavy atom. The largest absolute Gasteiger partial charge is 0.313 e. The molecule has 4 atom stereocenters. The van der Waals surface area contributed by atoms with Gasteiger partial charge in [-0.25, -0.2) is 4.98 Å². The molecule has 4 heteroatoms. The smallest absolute Gasteiger partial charge is 0.254 e. The van der Waals surface area contributed by atoms with Gasteiger partial charge in [-0.2, -0.15) is 0 Å². The summed E-state index contributed by atoms with van der Waals surface area (Å²) in [6.45, 7) is 0.749. The lowest BCUT2D eigenvalue weighted by Gasteiger charge is -2.31. The van der Waals surface area contributed by atoms with Gasteiger partial charge in [-0.1, -0.05) is 11.6 Å². The van der Waals surface area contributed by atoms with Crippen LogP contribution in [0, 0.1) is 17.3 Å². The van der Waals surface area contributed by atoms with Crippen LogP contribution < -0.4 is 10.9 Å². The first-order valence-electron chi connectivity index (χ1n) is 7.30. The van der Waals surface area contributed by atoms with Crippen LogP contribution in [0.15, 0.2) is 22.8 Å². The lowest BCUT2D eigenvalue weighted by molar-refractivity contribution is 0.357. The van der Waals surface area contributed by atoms with Crippen molar-refractivity contribution in [2.45, 2.75) is 38.3 Å². The van der Waals surface area contributed by atoms with E-state index in [1.165, 1.54) is 25.6 Å². The quantitative estimate of drug-likeness (QED) is 0.740. The van der Waals surface area contributed by atoms with Gasteiger partial charge in [-0.05, 0) is 37.5 Å². The summed E-state index contributed by atoms with van der Waals surface area (Å²) in [7, 11) is 0. The number of allylic oxidation sites excluding steroid dienone is 2. The molecule has 0 amide bonds. The summed E-state index contributed by atoms with van der Waals surface area (Å²) >= 11 is 0. The highest BCUT2D eigenvalue weighted by atomic mass is 16.1. The number of hydrogen-bond donors (Lipinski definition) is 2. The van der Waals surface area contributed by atoms with Crippen LogP contribution in [-0.4, -0.2) is 16.0 Å². The molecule has 1 fully saturated rings. The molecule has 4 unspecified atom stereocenters. The van der Waals surface area contributed by atoms with E-state index in [9.17, 15) is 4.79 Å². The highest BCUT2D eigenvalue weighted by Crippen LogP contribution is 2.77. The Kier molecular flexibility index (Phi) is 1.74. The van der Waals surface area contributed by atoms with Crippen LogP contribution in [0.25, 0.3) is 0 Å². The first kappa shape index (κ1) is 10.4. The van der Waals surface area contributed by atoms with Crippen LogP contribution in [0.5, 0.6) is 0 Å². The van der Waals surface area contributed by atoms with E-state index in [-0.39, 0.29) is 5.56 Å². The topological polar surface area (TPSA) is 57.8 Å². The van der Waals surface area contributed by atoms with E-state index in [4.69, 9.17) is 0 Å². The molecule has 5 rings (SSSR count). The van der Waals surface area contributed by atoms with Gasteiger partial charge in [-0.3, -0.25) is 4.79 Å². The predicted octanol–water partition coefficient (Wildman–Crippen LogP) is 1.14. The molecule has 1 spiro atoms. The zero-order chi connectivity index (χ0) is 12.6. The Labute approximate surface area is 111 Å². The first-order chi connectivity index (χ1) is 9.29. The van der Waals surface area contributed by atoms with Crippen LogP contribution in [0.4, 0.5) is 0 Å². The molecule has 1 aromatic heterocycles. The average molecular weight is 255 g/mol. The molecule has 2 bridgehead atoms. The molecule has 3 aliphatic carbocycles. The standard InChI is InChI=1S/C15H17N3O/c19-14-9-4-10(16-6-11(9)17-7-18-14)13-12-8-2-1-3-15(12,13)5-8/h5,7,10,12-13,16H,1-4,6H2,(H,17,18,19). The van der Waals surface area contributed by atoms with Gasteiger partial charge in [0.15, 0.2) is 0 Å². The van der Waals surface area contributed by atoms with Crippen LogP contribution in [-0.2, 0) is 13.0 Å². The normalized spacial score (nSPS) is 41.7. The van der Waals surface area contributed by atoms with E-state index >= 15 is 0 Å². The van der Waals surface area contributed by atoms with E-state index < -0.39 is 0 Å². The zero-order valence-electron chi connectivity index (χ0n) is 10.8. The van der Waals surface area contributed by atoms with Crippen molar-refractivity contribution in [3.05, 3.63) is 39.6 Å². The predicted molar refractivity (Wildman–Crippen MR) is 70.5 cm³/mol. The van der Waals surface area contributed by atoms with Crippen molar-refractivity contribution >= 4 is 0 Å². The molecule has 4 nitrogen and oxygen atoms in total. The third kappa shape index (κ3) is 1.14. The molecule has 1 aliphatic heterocycles. The van der Waals surface area contributed by atoms with Crippen molar-refractivity contribution in [1.82, 2.24) is 15.3 Å². The van der Waals surface area contributed by atoms with Crippen molar-refractivity contribution in [3.8, 4) is 0 Å². The summed E-state index contributed by atoms with van der Waals surface area (Å²) in [5.74, 6) is 1.59. The Hall–Kier alpha value is -1.42. The van der Waals surface area contributed by atoms with Crippen molar-refractivity contribution in [1.29, 1.82) is 0 Å². The number of rotatable bonds is 1. The van der Waals surface area contributed by atoms with Crippen molar-refractivity contribution in [2.24, 2.45) is 17.3 Å². The highest BCUT2D eigenvalue weighted by molar-refractivity contribution is 5.47. The van der Waals surface area contributed by atoms with Gasteiger partial charge in [0.2, 0.25) is 0 Å². The molecule has 1 saturated carbocycles. The molecule has 0 saturated heterocycles. The number of hydrogen-bond acceptors (Lipinski definition) is 3. The maximum Gasteiger partial charge on any atom is 0.254 e. The Bertz CT molecular complexity index is 662. The summed E-state index contributed by atoms with van der Waals surface area (Å²) in [5.41, 5.74) is 4.13. The molecule has 0 radical (unpaired) electrons. The van der Waals surface area contributed by atoms with Gasteiger partial charge in [0.05, 0.1) is 12.0 Å². The van der Waals surface area contributed by atoms with E-state index in [1.54, 1.807) is 5.57 Å². The summed E-state index contributed by atoms with van der Waals surface area (Å²) < 4.78 is 0. The van der Waals surface area contributed by atoms with E-state index in [0.29, 0.717) is 11.5 Å². The summed E-state index contributed by atoms with van der Waals surface area (Å²) in [6.07, 6.45) is 8.94. The van der Waals surface area contributed by atoms with Gasteiger partial charge < -0.3 is 10.3 Å². The first-order valence-corrected chi connectivity index (χ1v) is 7.30. The number of aromatic amines is 1. The van der Waals surface area contributed by atoms with Crippen molar-refractivity contribution in [2.75, 3.05) is 0 Å². The van der Waals surface area contributed by atoms with Crippen LogP contribution in [0.3, 0.4) is 0 Å². The molecular weight excluding hydrogens is 238 g/mol. The van der Waals surface area contributed by atoms with Gasteiger partial charge in [0.1, 0.15) is 0 Å². The van der Waals surface area contributed by atoms with E-state index in [1.807, 2.05) is 0 Å². The summed E-state index contributed by atoms with van der Waals surface area (Å²) in [5, 5.41) is 3.62. The minimum Gasteiger partial charge on any atom is -0.313 e. The maximum absolute atomic E-state index is 11.9. The SMILES string of the molecule is O=c1[nH]cnc2c1CC(C1C3C4=CC31CCC4)NC2. The number of nitrogens with one attached hydrogen (secondary N) is 2. The van der Waals surface area contributed by atoms with Crippen LogP contribution in [0.1, 0.15) is 30.5 Å². The number of aromatic nitrogens is 2. The van der Waals surface area contributed by atoms with Crippen LogP contribution >= 0.6 is 0 Å². The molecule has 98 valence electrons. The minimum absolute atomic E-state index is 0.0570. The lowest BCUT2D eigenvalue weighted by Crippen LogP contribution is -2.41. The second kappa shape index (κ2) is 3.18. The summed E-state index contributed by atoms with van der Waals surface area (Å²) in [4.78, 5) is 18.9. The van der Waals surface area contributed by atoms with Gasteiger partial charge in [0, 0.05) is 23.6 Å². The second-order valence-electron chi connectivity index (χ2n) is 6.54. The number of H-pyrrole nitrogens is 1. The fourth-order valence-electron chi connectivity index (χ4n) is 5.02. The van der Waals surface area contributed by atoms with Gasteiger partial charge in [0.25, 0.3) is 5.56 Å². The molecule has 0 aromatic carbocycles. The van der Waals surface area contributed by atoms with Gasteiger partial charge >= 0.3 is 0 Å². The Morgan fingerprint density at radius 3 is 3.16 bits per heavy atom. The molecule has 2 heterocycles. The molecular formula is C15H17N3O.